The van der Waals surface area contributed by atoms with Crippen LogP contribution in [0.25, 0.3) is 11.1 Å². The first-order valence-corrected chi connectivity index (χ1v) is 10.6. The van der Waals surface area contributed by atoms with Crippen molar-refractivity contribution in [3.63, 3.8) is 0 Å². The molecule has 1 saturated heterocycles. The van der Waals surface area contributed by atoms with Gasteiger partial charge in [-0.2, -0.15) is 0 Å². The number of piperidine rings is 1. The molecule has 2 amide bonds. The number of carbonyl (C=O) groups is 2. The minimum Gasteiger partial charge on any atom is -0.384 e. The molecule has 3 rings (SSSR count). The predicted molar refractivity (Wildman–Crippen MR) is 119 cm³/mol. The Labute approximate surface area is 179 Å². The molecule has 0 N–H and O–H groups in total. The van der Waals surface area contributed by atoms with Gasteiger partial charge in [-0.15, -0.1) is 0 Å². The third-order valence-corrected chi connectivity index (χ3v) is 5.89. The number of hydrogen-bond acceptors (Lipinski definition) is 3. The van der Waals surface area contributed by atoms with E-state index in [-0.39, 0.29) is 11.8 Å². The van der Waals surface area contributed by atoms with Crippen LogP contribution < -0.4 is 0 Å². The maximum absolute atomic E-state index is 13.3. The quantitative estimate of drug-likeness (QED) is 0.703. The molecule has 0 aromatic heterocycles. The predicted octanol–water partition coefficient (Wildman–Crippen LogP) is 3.63. The van der Waals surface area contributed by atoms with E-state index in [0.29, 0.717) is 32.5 Å². The highest BCUT2D eigenvalue weighted by Crippen LogP contribution is 2.36. The second kappa shape index (κ2) is 9.90. The number of amides is 2. The van der Waals surface area contributed by atoms with Crippen LogP contribution in [0.5, 0.6) is 0 Å². The van der Waals surface area contributed by atoms with Crippen LogP contribution in [-0.4, -0.2) is 62.5 Å². The second-order valence-electron chi connectivity index (χ2n) is 8.38. The first-order chi connectivity index (χ1) is 14.4. The molecule has 1 atom stereocenters. The fourth-order valence-corrected chi connectivity index (χ4v) is 4.44. The van der Waals surface area contributed by atoms with Crippen molar-refractivity contribution in [1.82, 2.24) is 9.80 Å². The molecule has 0 bridgehead atoms. The average Bonchev–Trinajstić information content (AvgIpc) is 2.77. The van der Waals surface area contributed by atoms with E-state index in [0.717, 1.165) is 29.5 Å². The van der Waals surface area contributed by atoms with Crippen molar-refractivity contribution in [1.29, 1.82) is 0 Å². The van der Waals surface area contributed by atoms with Gasteiger partial charge in [-0.25, -0.2) is 0 Å². The molecule has 1 aliphatic heterocycles. The van der Waals surface area contributed by atoms with Crippen molar-refractivity contribution < 1.29 is 14.3 Å². The Kier molecular flexibility index (Phi) is 7.27. The van der Waals surface area contributed by atoms with Gasteiger partial charge in [0.15, 0.2) is 0 Å². The van der Waals surface area contributed by atoms with Crippen LogP contribution in [0.2, 0.25) is 0 Å². The molecular formula is C25H32N2O3. The summed E-state index contributed by atoms with van der Waals surface area (Å²) in [5, 5.41) is 0. The van der Waals surface area contributed by atoms with Gasteiger partial charge in [-0.3, -0.25) is 9.59 Å². The minimum absolute atomic E-state index is 0.0607. The number of hydrogen-bond donors (Lipinski definition) is 0. The van der Waals surface area contributed by atoms with Gasteiger partial charge in [-0.1, -0.05) is 54.6 Å². The van der Waals surface area contributed by atoms with Crippen LogP contribution in [-0.2, 0) is 20.7 Å². The van der Waals surface area contributed by atoms with Gasteiger partial charge in [0, 0.05) is 34.3 Å². The lowest BCUT2D eigenvalue weighted by atomic mass is 9.73. The topological polar surface area (TPSA) is 49.9 Å². The Bertz CT molecular complexity index is 866. The summed E-state index contributed by atoms with van der Waals surface area (Å²) in [4.78, 5) is 29.5. The lowest BCUT2D eigenvalue weighted by Crippen LogP contribution is -2.54. The van der Waals surface area contributed by atoms with Crippen LogP contribution in [0.15, 0.2) is 54.6 Å². The molecule has 2 aromatic rings. The monoisotopic (exact) mass is 408 g/mol. The van der Waals surface area contributed by atoms with Crippen molar-refractivity contribution in [2.24, 2.45) is 5.41 Å². The summed E-state index contributed by atoms with van der Waals surface area (Å²) < 4.78 is 5.07. The van der Waals surface area contributed by atoms with E-state index in [2.05, 4.69) is 36.4 Å². The lowest BCUT2D eigenvalue weighted by molar-refractivity contribution is -0.147. The fraction of sp³-hybridized carbons (Fsp3) is 0.440. The summed E-state index contributed by atoms with van der Waals surface area (Å²) in [5.41, 5.74) is 2.83. The zero-order valence-electron chi connectivity index (χ0n) is 18.3. The standard InChI is InChI=1S/C25H32N2O3/c1-26(2)24(29)25(14-8-15-27(19-25)23(28)13-16-30-3)18-20-9-7-12-22(17-20)21-10-5-4-6-11-21/h4-7,9-12,17H,8,13-16,18-19H2,1-3H3. The van der Waals surface area contributed by atoms with E-state index in [9.17, 15) is 9.59 Å². The summed E-state index contributed by atoms with van der Waals surface area (Å²) in [7, 11) is 5.20. The van der Waals surface area contributed by atoms with E-state index in [4.69, 9.17) is 4.74 Å². The molecule has 0 aliphatic carbocycles. The number of nitrogens with zero attached hydrogens (tertiary/aromatic N) is 2. The zero-order valence-corrected chi connectivity index (χ0v) is 18.3. The van der Waals surface area contributed by atoms with Crippen molar-refractivity contribution in [2.75, 3.05) is 40.9 Å². The Morgan fingerprint density at radius 2 is 1.80 bits per heavy atom. The maximum Gasteiger partial charge on any atom is 0.230 e. The largest absolute Gasteiger partial charge is 0.384 e. The molecule has 160 valence electrons. The zero-order chi connectivity index (χ0) is 21.6. The summed E-state index contributed by atoms with van der Waals surface area (Å²) in [6, 6.07) is 18.7. The molecule has 1 heterocycles. The van der Waals surface area contributed by atoms with E-state index < -0.39 is 5.41 Å². The van der Waals surface area contributed by atoms with E-state index in [1.165, 1.54) is 0 Å². The highest BCUT2D eigenvalue weighted by atomic mass is 16.5. The minimum atomic E-state index is -0.597. The van der Waals surface area contributed by atoms with Gasteiger partial charge >= 0.3 is 0 Å². The van der Waals surface area contributed by atoms with Crippen molar-refractivity contribution in [3.8, 4) is 11.1 Å². The first-order valence-electron chi connectivity index (χ1n) is 10.6. The van der Waals surface area contributed by atoms with Gasteiger partial charge in [-0.05, 0) is 36.0 Å². The lowest BCUT2D eigenvalue weighted by Gasteiger charge is -2.43. The molecular weight excluding hydrogens is 376 g/mol. The molecule has 30 heavy (non-hydrogen) atoms. The first kappa shape index (κ1) is 22.0. The Hall–Kier alpha value is -2.66. The number of carbonyl (C=O) groups excluding carboxylic acids is 2. The fourth-order valence-electron chi connectivity index (χ4n) is 4.44. The normalized spacial score (nSPS) is 18.8. The Morgan fingerprint density at radius 1 is 1.07 bits per heavy atom. The molecule has 0 spiro atoms. The van der Waals surface area contributed by atoms with E-state index in [1.54, 1.807) is 26.1 Å². The van der Waals surface area contributed by atoms with Gasteiger partial charge in [0.05, 0.1) is 18.4 Å². The molecule has 5 heteroatoms. The van der Waals surface area contributed by atoms with Crippen LogP contribution in [0, 0.1) is 5.41 Å². The van der Waals surface area contributed by atoms with E-state index in [1.807, 2.05) is 23.1 Å². The van der Waals surface area contributed by atoms with E-state index >= 15 is 0 Å². The highest BCUT2D eigenvalue weighted by Gasteiger charge is 2.44. The number of likely N-dealkylation sites (tertiary alicyclic amines) is 1. The van der Waals surface area contributed by atoms with Gasteiger partial charge in [0.1, 0.15) is 0 Å². The molecule has 5 nitrogen and oxygen atoms in total. The second-order valence-corrected chi connectivity index (χ2v) is 8.38. The molecule has 0 saturated carbocycles. The molecule has 0 radical (unpaired) electrons. The maximum atomic E-state index is 13.3. The van der Waals surface area contributed by atoms with Gasteiger partial charge in [0.2, 0.25) is 11.8 Å². The molecule has 1 aliphatic rings. The third-order valence-electron chi connectivity index (χ3n) is 5.89. The molecule has 1 fully saturated rings. The Morgan fingerprint density at radius 3 is 2.50 bits per heavy atom. The number of ether oxygens (including phenoxy) is 1. The van der Waals surface area contributed by atoms with Gasteiger partial charge < -0.3 is 14.5 Å². The van der Waals surface area contributed by atoms with Gasteiger partial charge in [0.25, 0.3) is 0 Å². The number of methoxy groups -OCH3 is 1. The van der Waals surface area contributed by atoms with Crippen molar-refractivity contribution in [3.05, 3.63) is 60.2 Å². The summed E-state index contributed by atoms with van der Waals surface area (Å²) >= 11 is 0. The molecule has 2 aromatic carbocycles. The Balaban J connectivity index is 1.88. The molecule has 1 unspecified atom stereocenters. The SMILES string of the molecule is COCCC(=O)N1CCCC(Cc2cccc(-c3ccccc3)c2)(C(=O)N(C)C)C1. The summed E-state index contributed by atoms with van der Waals surface area (Å²) in [5.74, 6) is 0.155. The van der Waals surface area contributed by atoms with Crippen LogP contribution in [0.1, 0.15) is 24.8 Å². The number of benzene rings is 2. The van der Waals surface area contributed by atoms with Crippen LogP contribution in [0.4, 0.5) is 0 Å². The third kappa shape index (κ3) is 5.08. The van der Waals surface area contributed by atoms with Crippen molar-refractivity contribution >= 4 is 11.8 Å². The van der Waals surface area contributed by atoms with Crippen LogP contribution in [0.3, 0.4) is 0 Å². The summed E-state index contributed by atoms with van der Waals surface area (Å²) in [6.07, 6.45) is 2.59. The number of rotatable bonds is 7. The smallest absolute Gasteiger partial charge is 0.230 e. The average molecular weight is 409 g/mol. The van der Waals surface area contributed by atoms with Crippen molar-refractivity contribution in [2.45, 2.75) is 25.7 Å². The highest BCUT2D eigenvalue weighted by molar-refractivity contribution is 5.85. The van der Waals surface area contributed by atoms with Crippen LogP contribution >= 0.6 is 0 Å². The summed E-state index contributed by atoms with van der Waals surface area (Å²) in [6.45, 7) is 1.57.